The Hall–Kier alpha value is -1.62. The summed E-state index contributed by atoms with van der Waals surface area (Å²) < 4.78 is 4.01. The Labute approximate surface area is 114 Å². The van der Waals surface area contributed by atoms with Crippen molar-refractivity contribution in [1.29, 1.82) is 0 Å². The molecule has 0 fully saturated rings. The highest BCUT2D eigenvalue weighted by atomic mass is 15.3. The summed E-state index contributed by atoms with van der Waals surface area (Å²) in [6.45, 7) is 8.18. The van der Waals surface area contributed by atoms with Crippen LogP contribution < -0.4 is 5.32 Å². The topological polar surface area (TPSA) is 47.7 Å². The lowest BCUT2D eigenvalue weighted by molar-refractivity contribution is 0.513. The number of aromatic nitrogens is 4. The summed E-state index contributed by atoms with van der Waals surface area (Å²) in [5.74, 6) is 0. The molecule has 104 valence electrons. The Bertz CT molecular complexity index is 526. The molecule has 5 heteroatoms. The predicted octanol–water partition coefficient (Wildman–Crippen LogP) is 1.90. The zero-order chi connectivity index (χ0) is 13.8. The summed E-state index contributed by atoms with van der Waals surface area (Å²) in [6, 6.07) is 4.40. The first-order valence-electron chi connectivity index (χ1n) is 6.99. The van der Waals surface area contributed by atoms with Crippen molar-refractivity contribution in [2.75, 3.05) is 6.54 Å². The third-order valence-corrected chi connectivity index (χ3v) is 3.38. The highest BCUT2D eigenvalue weighted by Crippen LogP contribution is 2.22. The maximum atomic E-state index is 4.64. The lowest BCUT2D eigenvalue weighted by Gasteiger charge is -2.19. The first-order valence-corrected chi connectivity index (χ1v) is 6.99. The number of rotatable bonds is 6. The normalized spacial score (nSPS) is 12.8. The number of aryl methyl sites for hydroxylation is 3. The number of hydrogen-bond donors (Lipinski definition) is 1. The minimum atomic E-state index is 0.144. The highest BCUT2D eigenvalue weighted by molar-refractivity contribution is 5.24. The van der Waals surface area contributed by atoms with E-state index in [1.54, 1.807) is 0 Å². The SMILES string of the molecule is CCNC(c1ccnn1C)c1cc(CC)nn1CC. The molecule has 0 saturated heterocycles. The first kappa shape index (κ1) is 13.8. The van der Waals surface area contributed by atoms with Crippen molar-refractivity contribution in [3.8, 4) is 0 Å². The van der Waals surface area contributed by atoms with Crippen LogP contribution >= 0.6 is 0 Å². The first-order chi connectivity index (χ1) is 9.21. The van der Waals surface area contributed by atoms with Gasteiger partial charge in [0.1, 0.15) is 0 Å². The van der Waals surface area contributed by atoms with Crippen molar-refractivity contribution in [3.05, 3.63) is 35.4 Å². The molecule has 2 rings (SSSR count). The van der Waals surface area contributed by atoms with E-state index in [1.807, 2.05) is 17.9 Å². The molecule has 0 amide bonds. The number of nitrogens with one attached hydrogen (secondary N) is 1. The van der Waals surface area contributed by atoms with Crippen LogP contribution in [-0.2, 0) is 20.0 Å². The van der Waals surface area contributed by atoms with E-state index < -0.39 is 0 Å². The van der Waals surface area contributed by atoms with Crippen LogP contribution in [-0.4, -0.2) is 26.1 Å². The smallest absolute Gasteiger partial charge is 0.0918 e. The van der Waals surface area contributed by atoms with Gasteiger partial charge in [-0.1, -0.05) is 13.8 Å². The second-order valence-corrected chi connectivity index (χ2v) is 4.60. The molecule has 0 saturated carbocycles. The minimum Gasteiger partial charge on any atom is -0.304 e. The van der Waals surface area contributed by atoms with Gasteiger partial charge in [-0.3, -0.25) is 9.36 Å². The lowest BCUT2D eigenvalue weighted by atomic mass is 10.1. The van der Waals surface area contributed by atoms with Crippen LogP contribution in [0.3, 0.4) is 0 Å². The Balaban J connectivity index is 2.44. The summed E-state index contributed by atoms with van der Waals surface area (Å²) in [5, 5.41) is 12.4. The molecule has 0 aliphatic rings. The second-order valence-electron chi connectivity index (χ2n) is 4.60. The van der Waals surface area contributed by atoms with Crippen molar-refractivity contribution < 1.29 is 0 Å². The van der Waals surface area contributed by atoms with Gasteiger partial charge in [0, 0.05) is 19.8 Å². The zero-order valence-electron chi connectivity index (χ0n) is 12.2. The fraction of sp³-hybridized carbons (Fsp3) is 0.571. The molecule has 0 aromatic carbocycles. The van der Waals surface area contributed by atoms with Crippen molar-refractivity contribution >= 4 is 0 Å². The van der Waals surface area contributed by atoms with Crippen LogP contribution in [0.2, 0.25) is 0 Å². The molecule has 1 N–H and O–H groups in total. The monoisotopic (exact) mass is 261 g/mol. The van der Waals surface area contributed by atoms with Gasteiger partial charge in [0.15, 0.2) is 0 Å². The summed E-state index contributed by atoms with van der Waals surface area (Å²) in [4.78, 5) is 0. The van der Waals surface area contributed by atoms with Crippen LogP contribution in [0.25, 0.3) is 0 Å². The standard InChI is InChI=1S/C14H23N5/c1-5-11-10-13(19(7-3)17-11)14(15-6-2)12-8-9-16-18(12)4/h8-10,14-15H,5-7H2,1-4H3. The fourth-order valence-corrected chi connectivity index (χ4v) is 2.38. The molecule has 0 radical (unpaired) electrons. The molecule has 0 spiro atoms. The maximum absolute atomic E-state index is 4.64. The molecule has 5 nitrogen and oxygen atoms in total. The predicted molar refractivity (Wildman–Crippen MR) is 76.0 cm³/mol. The maximum Gasteiger partial charge on any atom is 0.0918 e. The van der Waals surface area contributed by atoms with Gasteiger partial charge in [0.25, 0.3) is 0 Å². The Kier molecular flexibility index (Phi) is 4.37. The van der Waals surface area contributed by atoms with Gasteiger partial charge in [-0.15, -0.1) is 0 Å². The average molecular weight is 261 g/mol. The number of nitrogens with zero attached hydrogens (tertiary/aromatic N) is 4. The van der Waals surface area contributed by atoms with Gasteiger partial charge in [0.05, 0.1) is 23.1 Å². The van der Waals surface area contributed by atoms with Gasteiger partial charge in [-0.2, -0.15) is 10.2 Å². The van der Waals surface area contributed by atoms with E-state index >= 15 is 0 Å². The average Bonchev–Trinajstić information content (AvgIpc) is 3.02. The molecule has 19 heavy (non-hydrogen) atoms. The van der Waals surface area contributed by atoms with Gasteiger partial charge >= 0.3 is 0 Å². The quantitative estimate of drug-likeness (QED) is 0.864. The number of hydrogen-bond acceptors (Lipinski definition) is 3. The van der Waals surface area contributed by atoms with E-state index in [9.17, 15) is 0 Å². The van der Waals surface area contributed by atoms with Crippen LogP contribution in [0.4, 0.5) is 0 Å². The van der Waals surface area contributed by atoms with Crippen LogP contribution in [0.1, 0.15) is 43.9 Å². The van der Waals surface area contributed by atoms with Gasteiger partial charge in [-0.25, -0.2) is 0 Å². The van der Waals surface area contributed by atoms with Gasteiger partial charge in [-0.05, 0) is 32.0 Å². The highest BCUT2D eigenvalue weighted by Gasteiger charge is 2.21. The molecule has 1 unspecified atom stereocenters. The van der Waals surface area contributed by atoms with Crippen LogP contribution in [0.5, 0.6) is 0 Å². The van der Waals surface area contributed by atoms with Crippen molar-refractivity contribution in [1.82, 2.24) is 24.9 Å². The molecule has 2 heterocycles. The third-order valence-electron chi connectivity index (χ3n) is 3.38. The molecule has 2 aromatic heterocycles. The van der Waals surface area contributed by atoms with E-state index in [0.717, 1.165) is 25.2 Å². The summed E-state index contributed by atoms with van der Waals surface area (Å²) in [7, 11) is 1.98. The van der Waals surface area contributed by atoms with Crippen LogP contribution in [0.15, 0.2) is 18.3 Å². The Morgan fingerprint density at radius 1 is 1.26 bits per heavy atom. The van der Waals surface area contributed by atoms with Gasteiger partial charge in [0.2, 0.25) is 0 Å². The lowest BCUT2D eigenvalue weighted by Crippen LogP contribution is -2.26. The summed E-state index contributed by atoms with van der Waals surface area (Å²) in [5.41, 5.74) is 3.52. The van der Waals surface area contributed by atoms with Crippen molar-refractivity contribution in [2.45, 2.75) is 39.8 Å². The van der Waals surface area contributed by atoms with Crippen molar-refractivity contribution in [3.63, 3.8) is 0 Å². The molecule has 0 bridgehead atoms. The molecular formula is C14H23N5. The van der Waals surface area contributed by atoms with E-state index in [-0.39, 0.29) is 6.04 Å². The second kappa shape index (κ2) is 6.02. The van der Waals surface area contributed by atoms with Gasteiger partial charge < -0.3 is 5.32 Å². The summed E-state index contributed by atoms with van der Waals surface area (Å²) >= 11 is 0. The van der Waals surface area contributed by atoms with E-state index in [0.29, 0.717) is 0 Å². The van der Waals surface area contributed by atoms with E-state index in [2.05, 4.69) is 53.1 Å². The molecule has 0 aliphatic heterocycles. The minimum absolute atomic E-state index is 0.144. The molecular weight excluding hydrogens is 238 g/mol. The largest absolute Gasteiger partial charge is 0.304 e. The fourth-order valence-electron chi connectivity index (χ4n) is 2.38. The Morgan fingerprint density at radius 3 is 2.58 bits per heavy atom. The molecule has 1 atom stereocenters. The van der Waals surface area contributed by atoms with E-state index in [1.165, 1.54) is 11.4 Å². The van der Waals surface area contributed by atoms with Crippen LogP contribution in [0, 0.1) is 0 Å². The zero-order valence-corrected chi connectivity index (χ0v) is 12.2. The molecule has 2 aromatic rings. The molecule has 0 aliphatic carbocycles. The summed E-state index contributed by atoms with van der Waals surface area (Å²) in [6.07, 6.45) is 2.80. The van der Waals surface area contributed by atoms with E-state index in [4.69, 9.17) is 0 Å². The Morgan fingerprint density at radius 2 is 2.05 bits per heavy atom. The third kappa shape index (κ3) is 2.71. The van der Waals surface area contributed by atoms with Crippen molar-refractivity contribution in [2.24, 2.45) is 7.05 Å².